The number of aromatic nitrogens is 1. The first-order valence-electron chi connectivity index (χ1n) is 9.88. The van der Waals surface area contributed by atoms with Gasteiger partial charge in [-0.25, -0.2) is 8.78 Å². The highest BCUT2D eigenvalue weighted by molar-refractivity contribution is 5.21. The highest BCUT2D eigenvalue weighted by Gasteiger charge is 2.49. The Labute approximate surface area is 164 Å². The maximum absolute atomic E-state index is 13.4. The molecule has 2 unspecified atom stereocenters. The molecule has 2 aliphatic rings. The Balaban J connectivity index is 1.47. The van der Waals surface area contributed by atoms with Gasteiger partial charge in [0.25, 0.3) is 0 Å². The lowest BCUT2D eigenvalue weighted by molar-refractivity contribution is -0.109. The van der Waals surface area contributed by atoms with E-state index in [1.165, 1.54) is 18.3 Å². The summed E-state index contributed by atoms with van der Waals surface area (Å²) in [6, 6.07) is 9.91. The van der Waals surface area contributed by atoms with Crippen molar-refractivity contribution in [3.8, 4) is 0 Å². The smallest absolute Gasteiger partial charge is 0.141 e. The molecule has 1 spiro atoms. The van der Waals surface area contributed by atoms with E-state index in [0.717, 1.165) is 43.5 Å². The van der Waals surface area contributed by atoms with E-state index >= 15 is 0 Å². The van der Waals surface area contributed by atoms with E-state index in [1.54, 1.807) is 18.2 Å². The topological polar surface area (TPSA) is 43.4 Å². The standard InChI is InChI=1S/C22H26F2N2O2/c23-18-3-1-2-17(12-18)13-25-9-6-21(20-5-4-19(24)14-26-20)7-11-28-22(15-21)8-10-27-16-22/h1-5,12,14,25H,6-11,13,15-16H2. The van der Waals surface area contributed by atoms with Gasteiger partial charge in [-0.1, -0.05) is 12.1 Å². The van der Waals surface area contributed by atoms with Gasteiger partial charge in [0, 0.05) is 37.3 Å². The van der Waals surface area contributed by atoms with E-state index in [1.807, 2.05) is 6.07 Å². The monoisotopic (exact) mass is 388 g/mol. The van der Waals surface area contributed by atoms with Crippen LogP contribution in [-0.2, 0) is 21.4 Å². The predicted octanol–water partition coefficient (Wildman–Crippen LogP) is 3.75. The second-order valence-electron chi connectivity index (χ2n) is 7.96. The number of ether oxygens (including phenoxy) is 2. The molecule has 0 aliphatic carbocycles. The average molecular weight is 388 g/mol. The quantitative estimate of drug-likeness (QED) is 0.766. The molecule has 28 heavy (non-hydrogen) atoms. The second kappa shape index (κ2) is 8.23. The maximum Gasteiger partial charge on any atom is 0.141 e. The van der Waals surface area contributed by atoms with Crippen molar-refractivity contribution in [2.75, 3.05) is 26.4 Å². The molecule has 2 saturated heterocycles. The number of halogens is 2. The first-order chi connectivity index (χ1) is 13.6. The van der Waals surface area contributed by atoms with E-state index in [0.29, 0.717) is 26.4 Å². The number of nitrogens with zero attached hydrogens (tertiary/aromatic N) is 1. The summed E-state index contributed by atoms with van der Waals surface area (Å²) in [7, 11) is 0. The molecule has 2 fully saturated rings. The van der Waals surface area contributed by atoms with Crippen LogP contribution in [0.2, 0.25) is 0 Å². The summed E-state index contributed by atoms with van der Waals surface area (Å²) < 4.78 is 38.6. The molecular weight excluding hydrogens is 362 g/mol. The van der Waals surface area contributed by atoms with Gasteiger partial charge in [0.15, 0.2) is 0 Å². The summed E-state index contributed by atoms with van der Waals surface area (Å²) in [6.45, 7) is 3.33. The summed E-state index contributed by atoms with van der Waals surface area (Å²) in [5, 5.41) is 3.42. The second-order valence-corrected chi connectivity index (χ2v) is 7.96. The Morgan fingerprint density at radius 1 is 1.07 bits per heavy atom. The minimum atomic E-state index is -0.325. The van der Waals surface area contributed by atoms with Crippen LogP contribution in [0.5, 0.6) is 0 Å². The first-order valence-corrected chi connectivity index (χ1v) is 9.88. The van der Waals surface area contributed by atoms with Crippen molar-refractivity contribution < 1.29 is 18.3 Å². The van der Waals surface area contributed by atoms with Crippen molar-refractivity contribution in [2.24, 2.45) is 0 Å². The lowest BCUT2D eigenvalue weighted by Crippen LogP contribution is -2.49. The van der Waals surface area contributed by atoms with Crippen LogP contribution >= 0.6 is 0 Å². The van der Waals surface area contributed by atoms with E-state index in [2.05, 4.69) is 10.3 Å². The third kappa shape index (κ3) is 4.24. The molecule has 2 aromatic rings. The molecule has 1 aromatic carbocycles. The molecule has 0 radical (unpaired) electrons. The van der Waals surface area contributed by atoms with Crippen LogP contribution in [-0.4, -0.2) is 37.0 Å². The van der Waals surface area contributed by atoms with Gasteiger partial charge >= 0.3 is 0 Å². The summed E-state index contributed by atoms with van der Waals surface area (Å²) >= 11 is 0. The molecule has 0 saturated carbocycles. The van der Waals surface area contributed by atoms with Crippen molar-refractivity contribution in [1.82, 2.24) is 10.3 Å². The van der Waals surface area contributed by atoms with Crippen molar-refractivity contribution in [3.63, 3.8) is 0 Å². The third-order valence-corrected chi connectivity index (χ3v) is 5.99. The lowest BCUT2D eigenvalue weighted by atomic mass is 9.68. The SMILES string of the molecule is Fc1ccc(C2(CCNCc3cccc(F)c3)CCOC3(CCOC3)C2)nc1. The molecule has 2 atom stereocenters. The van der Waals surface area contributed by atoms with Crippen LogP contribution in [0.25, 0.3) is 0 Å². The van der Waals surface area contributed by atoms with Crippen LogP contribution in [0.1, 0.15) is 36.9 Å². The number of pyridine rings is 1. The molecule has 0 bridgehead atoms. The zero-order valence-electron chi connectivity index (χ0n) is 15.9. The summed E-state index contributed by atoms with van der Waals surface area (Å²) in [6.07, 6.45) is 4.69. The Morgan fingerprint density at radius 3 is 2.75 bits per heavy atom. The number of hydrogen-bond acceptors (Lipinski definition) is 4. The van der Waals surface area contributed by atoms with E-state index in [4.69, 9.17) is 9.47 Å². The molecule has 1 aromatic heterocycles. The summed E-state index contributed by atoms with van der Waals surface area (Å²) in [5.74, 6) is -0.548. The zero-order valence-corrected chi connectivity index (χ0v) is 15.9. The molecule has 4 rings (SSSR count). The van der Waals surface area contributed by atoms with Crippen molar-refractivity contribution in [3.05, 3.63) is 65.5 Å². The predicted molar refractivity (Wildman–Crippen MR) is 102 cm³/mol. The number of rotatable bonds is 6. The first kappa shape index (κ1) is 19.4. The van der Waals surface area contributed by atoms with Crippen LogP contribution in [0, 0.1) is 11.6 Å². The molecular formula is C22H26F2N2O2. The van der Waals surface area contributed by atoms with Gasteiger partial charge in [-0.2, -0.15) is 0 Å². The fourth-order valence-corrected chi connectivity index (χ4v) is 4.52. The fraction of sp³-hybridized carbons (Fsp3) is 0.500. The maximum atomic E-state index is 13.4. The van der Waals surface area contributed by atoms with Gasteiger partial charge in [-0.05, 0) is 55.6 Å². The van der Waals surface area contributed by atoms with Gasteiger partial charge in [-0.3, -0.25) is 4.98 Å². The minimum absolute atomic E-state index is 0.186. The van der Waals surface area contributed by atoms with Gasteiger partial charge in [0.1, 0.15) is 11.6 Å². The zero-order chi connectivity index (χ0) is 19.5. The Hall–Kier alpha value is -1.89. The fourth-order valence-electron chi connectivity index (χ4n) is 4.52. The Morgan fingerprint density at radius 2 is 2.00 bits per heavy atom. The van der Waals surface area contributed by atoms with Crippen LogP contribution in [0.15, 0.2) is 42.6 Å². The number of hydrogen-bond donors (Lipinski definition) is 1. The van der Waals surface area contributed by atoms with Gasteiger partial charge < -0.3 is 14.8 Å². The number of benzene rings is 1. The van der Waals surface area contributed by atoms with Crippen LogP contribution in [0.4, 0.5) is 8.78 Å². The molecule has 0 amide bonds. The van der Waals surface area contributed by atoms with E-state index in [9.17, 15) is 8.78 Å². The number of nitrogens with one attached hydrogen (secondary N) is 1. The largest absolute Gasteiger partial charge is 0.378 e. The minimum Gasteiger partial charge on any atom is -0.378 e. The normalized spacial score (nSPS) is 27.4. The van der Waals surface area contributed by atoms with Gasteiger partial charge in [-0.15, -0.1) is 0 Å². The van der Waals surface area contributed by atoms with Crippen molar-refractivity contribution in [1.29, 1.82) is 0 Å². The molecule has 6 heteroatoms. The lowest BCUT2D eigenvalue weighted by Gasteiger charge is -2.45. The van der Waals surface area contributed by atoms with E-state index in [-0.39, 0.29) is 22.7 Å². The summed E-state index contributed by atoms with van der Waals surface area (Å²) in [5.41, 5.74) is 1.38. The van der Waals surface area contributed by atoms with Crippen LogP contribution in [0.3, 0.4) is 0 Å². The van der Waals surface area contributed by atoms with Crippen molar-refractivity contribution in [2.45, 2.75) is 43.2 Å². The average Bonchev–Trinajstić information content (AvgIpc) is 3.13. The van der Waals surface area contributed by atoms with E-state index < -0.39 is 0 Å². The van der Waals surface area contributed by atoms with Crippen molar-refractivity contribution >= 4 is 0 Å². The molecule has 1 N–H and O–H groups in total. The van der Waals surface area contributed by atoms with Crippen LogP contribution < -0.4 is 5.32 Å². The third-order valence-electron chi connectivity index (χ3n) is 5.99. The highest BCUT2D eigenvalue weighted by atomic mass is 19.1. The van der Waals surface area contributed by atoms with Gasteiger partial charge in [0.2, 0.25) is 0 Å². The Bertz CT molecular complexity index is 793. The van der Waals surface area contributed by atoms with Gasteiger partial charge in [0.05, 0.1) is 18.4 Å². The molecule has 4 nitrogen and oxygen atoms in total. The summed E-state index contributed by atoms with van der Waals surface area (Å²) in [4.78, 5) is 4.43. The molecule has 2 aliphatic heterocycles. The molecule has 3 heterocycles. The highest BCUT2D eigenvalue weighted by Crippen LogP contribution is 2.46. The Kier molecular flexibility index (Phi) is 5.71. The molecule has 150 valence electrons.